The fraction of sp³-hybridized carbons (Fsp3) is 0.273. The van der Waals surface area contributed by atoms with Crippen molar-refractivity contribution in [2.45, 2.75) is 19.9 Å². The number of aromatic nitrogens is 2. The first-order valence-corrected chi connectivity index (χ1v) is 9.36. The van der Waals surface area contributed by atoms with Gasteiger partial charge < -0.3 is 18.8 Å². The predicted octanol–water partition coefficient (Wildman–Crippen LogP) is 4.11. The number of rotatable bonds is 5. The number of aryl methyl sites for hydroxylation is 1. The van der Waals surface area contributed by atoms with Crippen LogP contribution in [0.5, 0.6) is 11.5 Å². The Morgan fingerprint density at radius 3 is 2.48 bits per heavy atom. The molecule has 0 amide bonds. The highest BCUT2D eigenvalue weighted by atomic mass is 19.1. The summed E-state index contributed by atoms with van der Waals surface area (Å²) < 4.78 is 31.4. The number of carbonyl (C=O) groups is 1. The van der Waals surface area contributed by atoms with Crippen LogP contribution in [0, 0.1) is 5.82 Å². The van der Waals surface area contributed by atoms with Gasteiger partial charge in [0.15, 0.2) is 11.5 Å². The number of imidazole rings is 1. The molecular formula is C22H21FN2O4. The third-order valence-corrected chi connectivity index (χ3v) is 5.01. The fourth-order valence-electron chi connectivity index (χ4n) is 3.68. The minimum atomic E-state index is -0.481. The van der Waals surface area contributed by atoms with E-state index >= 15 is 0 Å². The quantitative estimate of drug-likeness (QED) is 0.608. The number of nitrogens with zero attached hydrogens (tertiary/aromatic N) is 2. The number of halogens is 1. The van der Waals surface area contributed by atoms with E-state index in [2.05, 4.69) is 4.98 Å². The number of fused-ring (bicyclic) bond motifs is 3. The second kappa shape index (κ2) is 7.58. The molecule has 6 nitrogen and oxygen atoms in total. The van der Waals surface area contributed by atoms with Crippen molar-refractivity contribution in [3.05, 3.63) is 53.6 Å². The Balaban J connectivity index is 1.97. The Bertz CT molecular complexity index is 1070. The van der Waals surface area contributed by atoms with Crippen molar-refractivity contribution in [3.8, 4) is 34.0 Å². The summed E-state index contributed by atoms with van der Waals surface area (Å²) >= 11 is 0. The second-order valence-electron chi connectivity index (χ2n) is 6.63. The van der Waals surface area contributed by atoms with Crippen molar-refractivity contribution in [2.75, 3.05) is 20.8 Å². The van der Waals surface area contributed by atoms with Crippen LogP contribution in [-0.4, -0.2) is 36.3 Å². The topological polar surface area (TPSA) is 62.6 Å². The zero-order valence-corrected chi connectivity index (χ0v) is 16.5. The molecule has 0 N–H and O–H groups in total. The molecule has 0 saturated carbocycles. The monoisotopic (exact) mass is 396 g/mol. The molecule has 0 saturated heterocycles. The summed E-state index contributed by atoms with van der Waals surface area (Å²) in [6.45, 7) is 2.58. The van der Waals surface area contributed by atoms with Gasteiger partial charge in [-0.1, -0.05) is 0 Å². The molecule has 0 aliphatic carbocycles. The molecule has 29 heavy (non-hydrogen) atoms. The minimum absolute atomic E-state index is 0.238. The number of ether oxygens (including phenoxy) is 3. The van der Waals surface area contributed by atoms with Crippen LogP contribution in [0.15, 0.2) is 36.4 Å². The van der Waals surface area contributed by atoms with Crippen LogP contribution >= 0.6 is 0 Å². The lowest BCUT2D eigenvalue weighted by Crippen LogP contribution is -2.18. The van der Waals surface area contributed by atoms with Crippen LogP contribution in [0.4, 0.5) is 4.39 Å². The highest BCUT2D eigenvalue weighted by Crippen LogP contribution is 2.43. The van der Waals surface area contributed by atoms with Crippen LogP contribution in [0.2, 0.25) is 0 Å². The van der Waals surface area contributed by atoms with Gasteiger partial charge in [0.05, 0.1) is 32.2 Å². The van der Waals surface area contributed by atoms with Crippen LogP contribution in [0.25, 0.3) is 22.5 Å². The Morgan fingerprint density at radius 1 is 1.14 bits per heavy atom. The molecule has 2 heterocycles. The van der Waals surface area contributed by atoms with Crippen molar-refractivity contribution >= 4 is 5.97 Å². The van der Waals surface area contributed by atoms with E-state index in [0.717, 1.165) is 16.8 Å². The largest absolute Gasteiger partial charge is 0.493 e. The molecule has 0 atom stereocenters. The Hall–Kier alpha value is -3.35. The smallest absolute Gasteiger partial charge is 0.374 e. The van der Waals surface area contributed by atoms with E-state index in [4.69, 9.17) is 14.2 Å². The predicted molar refractivity (Wildman–Crippen MR) is 106 cm³/mol. The number of hydrogen-bond acceptors (Lipinski definition) is 5. The normalized spacial score (nSPS) is 12.1. The van der Waals surface area contributed by atoms with Gasteiger partial charge in [0, 0.05) is 17.7 Å². The molecule has 0 bridgehead atoms. The summed E-state index contributed by atoms with van der Waals surface area (Å²) in [5.41, 5.74) is 4.06. The average molecular weight is 396 g/mol. The fourth-order valence-corrected chi connectivity index (χ4v) is 3.68. The zero-order valence-electron chi connectivity index (χ0n) is 16.5. The maximum atomic E-state index is 13.5. The molecule has 0 fully saturated rings. The average Bonchev–Trinajstić information content (AvgIpc) is 3.13. The van der Waals surface area contributed by atoms with E-state index < -0.39 is 5.97 Å². The highest BCUT2D eigenvalue weighted by Gasteiger charge is 2.30. The van der Waals surface area contributed by atoms with Crippen LogP contribution in [0.1, 0.15) is 23.1 Å². The summed E-state index contributed by atoms with van der Waals surface area (Å²) in [6.07, 6.45) is 0.703. The third-order valence-electron chi connectivity index (χ3n) is 5.01. The molecule has 0 spiro atoms. The molecule has 2 aromatic carbocycles. The van der Waals surface area contributed by atoms with Gasteiger partial charge in [0.2, 0.25) is 5.82 Å². The second-order valence-corrected chi connectivity index (χ2v) is 6.63. The van der Waals surface area contributed by atoms with E-state index in [1.54, 1.807) is 33.3 Å². The molecule has 0 radical (unpaired) electrons. The number of hydrogen-bond donors (Lipinski definition) is 0. The van der Waals surface area contributed by atoms with Gasteiger partial charge in [0.1, 0.15) is 5.82 Å². The van der Waals surface area contributed by atoms with Gasteiger partial charge in [-0.05, 0) is 55.3 Å². The molecule has 1 aliphatic heterocycles. The van der Waals surface area contributed by atoms with Crippen LogP contribution < -0.4 is 9.47 Å². The van der Waals surface area contributed by atoms with Gasteiger partial charge in [-0.2, -0.15) is 0 Å². The lowest BCUT2D eigenvalue weighted by atomic mass is 9.94. The Labute approximate surface area is 167 Å². The number of benzene rings is 2. The number of esters is 1. The molecule has 150 valence electrons. The minimum Gasteiger partial charge on any atom is -0.493 e. The van der Waals surface area contributed by atoms with E-state index in [-0.39, 0.29) is 18.2 Å². The maximum Gasteiger partial charge on any atom is 0.374 e. The number of methoxy groups -OCH3 is 2. The summed E-state index contributed by atoms with van der Waals surface area (Å²) in [5, 5.41) is 0. The van der Waals surface area contributed by atoms with E-state index in [1.165, 1.54) is 12.1 Å². The standard InChI is InChI=1S/C22H21FN2O4/c1-4-29-22(26)21-24-19(13-5-7-15(23)8-6-13)20-16-12-18(28-3)17(27-2)11-14(16)9-10-25(20)21/h5-8,11-12H,4,9-10H2,1-3H3. The zero-order chi connectivity index (χ0) is 20.5. The Kier molecular flexibility index (Phi) is 4.96. The SMILES string of the molecule is CCOC(=O)c1nc(-c2ccc(F)cc2)c2n1CCc1cc(OC)c(OC)cc1-2. The first kappa shape index (κ1) is 19.0. The summed E-state index contributed by atoms with van der Waals surface area (Å²) in [6, 6.07) is 9.91. The van der Waals surface area contributed by atoms with Crippen LogP contribution in [-0.2, 0) is 17.7 Å². The van der Waals surface area contributed by atoms with E-state index in [0.29, 0.717) is 35.7 Å². The summed E-state index contributed by atoms with van der Waals surface area (Å²) in [5.74, 6) is 0.656. The molecule has 0 unspecified atom stereocenters. The van der Waals surface area contributed by atoms with Gasteiger partial charge in [-0.3, -0.25) is 0 Å². The molecular weight excluding hydrogens is 375 g/mol. The van der Waals surface area contributed by atoms with Crippen molar-refractivity contribution in [3.63, 3.8) is 0 Å². The van der Waals surface area contributed by atoms with Crippen LogP contribution in [0.3, 0.4) is 0 Å². The third kappa shape index (κ3) is 3.22. The summed E-state index contributed by atoms with van der Waals surface area (Å²) in [4.78, 5) is 17.1. The molecule has 1 aromatic heterocycles. The van der Waals surface area contributed by atoms with Gasteiger partial charge >= 0.3 is 5.97 Å². The molecule has 4 rings (SSSR count). The van der Waals surface area contributed by atoms with Gasteiger partial charge in [-0.25, -0.2) is 14.2 Å². The van der Waals surface area contributed by atoms with Crippen molar-refractivity contribution in [1.29, 1.82) is 0 Å². The molecule has 1 aliphatic rings. The van der Waals surface area contributed by atoms with E-state index in [1.807, 2.05) is 16.7 Å². The molecule has 3 aromatic rings. The number of carbonyl (C=O) groups excluding carboxylic acids is 1. The van der Waals surface area contributed by atoms with E-state index in [9.17, 15) is 9.18 Å². The first-order chi connectivity index (χ1) is 14.1. The highest BCUT2D eigenvalue weighted by molar-refractivity contribution is 5.92. The lowest BCUT2D eigenvalue weighted by molar-refractivity contribution is 0.0506. The van der Waals surface area contributed by atoms with Crippen molar-refractivity contribution in [1.82, 2.24) is 9.55 Å². The van der Waals surface area contributed by atoms with Crippen molar-refractivity contribution in [2.24, 2.45) is 0 Å². The lowest BCUT2D eigenvalue weighted by Gasteiger charge is -2.22. The maximum absolute atomic E-state index is 13.5. The van der Waals surface area contributed by atoms with Gasteiger partial charge in [-0.15, -0.1) is 0 Å². The summed E-state index contributed by atoms with van der Waals surface area (Å²) in [7, 11) is 3.18. The molecule has 7 heteroatoms. The Morgan fingerprint density at radius 2 is 1.83 bits per heavy atom. The van der Waals surface area contributed by atoms with Gasteiger partial charge in [0.25, 0.3) is 0 Å². The first-order valence-electron chi connectivity index (χ1n) is 9.36. The van der Waals surface area contributed by atoms with Crippen molar-refractivity contribution < 1.29 is 23.4 Å².